The molecule has 98 valence electrons. The number of benzene rings is 1. The number of rotatable bonds is 5. The second-order valence-corrected chi connectivity index (χ2v) is 6.49. The lowest BCUT2D eigenvalue weighted by molar-refractivity contribution is 0.199. The van der Waals surface area contributed by atoms with Crippen molar-refractivity contribution in [2.24, 2.45) is 5.92 Å². The summed E-state index contributed by atoms with van der Waals surface area (Å²) in [7, 11) is 1.76. The van der Waals surface area contributed by atoms with Crippen LogP contribution in [0.1, 0.15) is 18.4 Å². The highest BCUT2D eigenvalue weighted by molar-refractivity contribution is 7.99. The lowest BCUT2D eigenvalue weighted by atomic mass is 9.90. The van der Waals surface area contributed by atoms with Crippen molar-refractivity contribution in [3.8, 4) is 0 Å². The molecule has 1 N–H and O–H groups in total. The molecule has 2 unspecified atom stereocenters. The first-order chi connectivity index (χ1) is 8.87. The summed E-state index contributed by atoms with van der Waals surface area (Å²) in [4.78, 5) is 1.52. The van der Waals surface area contributed by atoms with E-state index in [1.165, 1.54) is 23.5 Å². The van der Waals surface area contributed by atoms with Crippen LogP contribution in [0.3, 0.4) is 0 Å². The summed E-state index contributed by atoms with van der Waals surface area (Å²) < 4.78 is 5.07. The average Bonchev–Trinajstić information content (AvgIpc) is 3.09. The second kappa shape index (κ2) is 5.24. The zero-order valence-corrected chi connectivity index (χ0v) is 11.8. The molecule has 0 saturated heterocycles. The Kier molecular flexibility index (Phi) is 3.64. The molecule has 1 fully saturated rings. The predicted octanol–water partition coefficient (Wildman–Crippen LogP) is 2.68. The molecular formula is C15H21NOS. The maximum absolute atomic E-state index is 5.07. The predicted molar refractivity (Wildman–Crippen MR) is 76.3 cm³/mol. The van der Waals surface area contributed by atoms with E-state index < -0.39 is 0 Å². The highest BCUT2D eigenvalue weighted by Gasteiger charge is 2.56. The van der Waals surface area contributed by atoms with Gasteiger partial charge in [-0.1, -0.05) is 18.2 Å². The fraction of sp³-hybridized carbons (Fsp3) is 0.600. The maximum atomic E-state index is 5.07. The summed E-state index contributed by atoms with van der Waals surface area (Å²) in [6.45, 7) is 2.92. The Morgan fingerprint density at radius 2 is 2.33 bits per heavy atom. The number of hydrogen-bond donors (Lipinski definition) is 1. The van der Waals surface area contributed by atoms with Crippen LogP contribution in [-0.4, -0.2) is 32.6 Å². The van der Waals surface area contributed by atoms with Crippen molar-refractivity contribution in [2.45, 2.75) is 23.2 Å². The molecule has 3 rings (SSSR count). The van der Waals surface area contributed by atoms with Gasteiger partial charge < -0.3 is 10.1 Å². The molecule has 0 aromatic heterocycles. The van der Waals surface area contributed by atoms with Crippen molar-refractivity contribution in [3.63, 3.8) is 0 Å². The molecule has 1 aliphatic heterocycles. The molecule has 1 aromatic rings. The molecule has 0 amide bonds. The van der Waals surface area contributed by atoms with E-state index in [1.54, 1.807) is 12.7 Å². The molecule has 0 bridgehead atoms. The molecule has 1 aromatic carbocycles. The van der Waals surface area contributed by atoms with Crippen LogP contribution in [0.15, 0.2) is 29.2 Å². The third-order valence-electron chi connectivity index (χ3n) is 4.33. The van der Waals surface area contributed by atoms with Crippen molar-refractivity contribution < 1.29 is 4.74 Å². The Hall–Kier alpha value is -0.510. The van der Waals surface area contributed by atoms with Gasteiger partial charge in [0.15, 0.2) is 0 Å². The molecule has 1 aliphatic carbocycles. The van der Waals surface area contributed by atoms with Gasteiger partial charge in [0.25, 0.3) is 0 Å². The number of hydrogen-bond acceptors (Lipinski definition) is 3. The summed E-state index contributed by atoms with van der Waals surface area (Å²) in [6, 6.07) is 8.99. The first-order valence-electron chi connectivity index (χ1n) is 6.79. The summed E-state index contributed by atoms with van der Waals surface area (Å²) in [6.07, 6.45) is 2.72. The smallest absolute Gasteiger partial charge is 0.0587 e. The topological polar surface area (TPSA) is 21.3 Å². The van der Waals surface area contributed by atoms with Crippen molar-refractivity contribution in [2.75, 3.05) is 32.6 Å². The fourth-order valence-corrected chi connectivity index (χ4v) is 4.50. The minimum absolute atomic E-state index is 0.502. The zero-order chi connectivity index (χ0) is 12.4. The zero-order valence-electron chi connectivity index (χ0n) is 10.9. The summed E-state index contributed by atoms with van der Waals surface area (Å²) >= 11 is 2.02. The molecule has 3 heteroatoms. The van der Waals surface area contributed by atoms with Gasteiger partial charge in [-0.2, -0.15) is 0 Å². The van der Waals surface area contributed by atoms with E-state index in [9.17, 15) is 0 Å². The lowest BCUT2D eigenvalue weighted by Gasteiger charge is -2.26. The SMILES string of the molecule is COCCNCC1CC12CCSc1ccccc12. The molecule has 1 spiro atoms. The van der Waals surface area contributed by atoms with E-state index in [0.717, 1.165) is 25.6 Å². The largest absolute Gasteiger partial charge is 0.383 e. The van der Waals surface area contributed by atoms with E-state index in [0.29, 0.717) is 5.41 Å². The molecular weight excluding hydrogens is 242 g/mol. The van der Waals surface area contributed by atoms with E-state index in [2.05, 4.69) is 29.6 Å². The Morgan fingerprint density at radius 3 is 3.22 bits per heavy atom. The van der Waals surface area contributed by atoms with E-state index in [4.69, 9.17) is 4.74 Å². The van der Waals surface area contributed by atoms with Gasteiger partial charge in [0, 0.05) is 24.0 Å². The maximum Gasteiger partial charge on any atom is 0.0587 e. The number of fused-ring (bicyclic) bond motifs is 2. The van der Waals surface area contributed by atoms with Crippen LogP contribution in [0.25, 0.3) is 0 Å². The van der Waals surface area contributed by atoms with Gasteiger partial charge in [0.05, 0.1) is 6.61 Å². The van der Waals surface area contributed by atoms with Gasteiger partial charge in [-0.15, -0.1) is 11.8 Å². The quantitative estimate of drug-likeness (QED) is 0.825. The average molecular weight is 263 g/mol. The summed E-state index contributed by atoms with van der Waals surface area (Å²) in [5.41, 5.74) is 2.11. The Balaban J connectivity index is 1.64. The fourth-order valence-electron chi connectivity index (χ4n) is 3.22. The minimum atomic E-state index is 0.502. The third-order valence-corrected chi connectivity index (χ3v) is 5.41. The highest BCUT2D eigenvalue weighted by atomic mass is 32.2. The summed E-state index contributed by atoms with van der Waals surface area (Å²) in [5.74, 6) is 2.11. The van der Waals surface area contributed by atoms with Crippen molar-refractivity contribution >= 4 is 11.8 Å². The number of nitrogens with one attached hydrogen (secondary N) is 1. The Labute approximate surface area is 113 Å². The third kappa shape index (κ3) is 2.20. The van der Waals surface area contributed by atoms with Gasteiger partial charge in [0.2, 0.25) is 0 Å². The van der Waals surface area contributed by atoms with Crippen LogP contribution in [-0.2, 0) is 10.2 Å². The molecule has 2 atom stereocenters. The van der Waals surface area contributed by atoms with Crippen LogP contribution < -0.4 is 5.32 Å². The van der Waals surface area contributed by atoms with Crippen LogP contribution in [0.4, 0.5) is 0 Å². The van der Waals surface area contributed by atoms with Crippen LogP contribution in [0.2, 0.25) is 0 Å². The first-order valence-corrected chi connectivity index (χ1v) is 7.77. The highest BCUT2D eigenvalue weighted by Crippen LogP contribution is 2.61. The molecule has 18 heavy (non-hydrogen) atoms. The Bertz CT molecular complexity index is 423. The van der Waals surface area contributed by atoms with Crippen molar-refractivity contribution in [1.82, 2.24) is 5.32 Å². The second-order valence-electron chi connectivity index (χ2n) is 5.35. The molecule has 1 heterocycles. The van der Waals surface area contributed by atoms with Gasteiger partial charge in [0.1, 0.15) is 0 Å². The molecule has 2 nitrogen and oxygen atoms in total. The van der Waals surface area contributed by atoms with Gasteiger partial charge in [-0.3, -0.25) is 0 Å². The van der Waals surface area contributed by atoms with Gasteiger partial charge >= 0.3 is 0 Å². The first kappa shape index (κ1) is 12.5. The number of methoxy groups -OCH3 is 1. The monoisotopic (exact) mass is 263 g/mol. The van der Waals surface area contributed by atoms with Crippen LogP contribution in [0, 0.1) is 5.92 Å². The standard InChI is InChI=1S/C15H21NOS/c1-17-8-7-16-11-12-10-15(12)6-9-18-14-5-3-2-4-13(14)15/h2-5,12,16H,6-11H2,1H3. The molecule has 2 aliphatic rings. The van der Waals surface area contributed by atoms with E-state index in [-0.39, 0.29) is 0 Å². The molecule has 0 radical (unpaired) electrons. The summed E-state index contributed by atoms with van der Waals surface area (Å²) in [5, 5.41) is 3.52. The van der Waals surface area contributed by atoms with Crippen molar-refractivity contribution in [3.05, 3.63) is 29.8 Å². The van der Waals surface area contributed by atoms with E-state index >= 15 is 0 Å². The number of ether oxygens (including phenoxy) is 1. The lowest BCUT2D eigenvalue weighted by Crippen LogP contribution is -2.26. The van der Waals surface area contributed by atoms with E-state index in [1.807, 2.05) is 11.8 Å². The molecule has 1 saturated carbocycles. The Morgan fingerprint density at radius 1 is 1.44 bits per heavy atom. The number of thioether (sulfide) groups is 1. The normalized spacial score (nSPS) is 29.3. The van der Waals surface area contributed by atoms with Gasteiger partial charge in [-0.05, 0) is 42.7 Å². The van der Waals surface area contributed by atoms with Gasteiger partial charge in [-0.25, -0.2) is 0 Å². The van der Waals surface area contributed by atoms with Crippen molar-refractivity contribution in [1.29, 1.82) is 0 Å². The van der Waals surface area contributed by atoms with Crippen LogP contribution in [0.5, 0.6) is 0 Å². The van der Waals surface area contributed by atoms with Crippen LogP contribution >= 0.6 is 11.8 Å². The minimum Gasteiger partial charge on any atom is -0.383 e.